The van der Waals surface area contributed by atoms with Gasteiger partial charge in [-0.3, -0.25) is 0 Å². The highest BCUT2D eigenvalue weighted by Crippen LogP contribution is 2.43. The lowest BCUT2D eigenvalue weighted by Crippen LogP contribution is -1.98. The summed E-state index contributed by atoms with van der Waals surface area (Å²) in [6.07, 6.45) is 2.82. The van der Waals surface area contributed by atoms with Crippen LogP contribution in [-0.4, -0.2) is 15.3 Å². The lowest BCUT2D eigenvalue weighted by atomic mass is 9.92. The Balaban J connectivity index is 1.62. The number of benzene rings is 4. The number of phenolic OH excluding ortho intramolecular Hbond substituents is 3. The SMILES string of the molecule is Oc1cc2ccc1-c1c(ccc(Br)c1O)CCc1ccc(cc1)Oc1cc(cc(Br)c1O)CC2. The molecule has 0 aromatic heterocycles. The van der Waals surface area contributed by atoms with Crippen LogP contribution in [0.2, 0.25) is 0 Å². The fraction of sp³-hybridized carbons (Fsp3) is 0.143. The summed E-state index contributed by atoms with van der Waals surface area (Å²) < 4.78 is 7.16. The molecular formula is C28H22Br2O4. The molecule has 4 aliphatic heterocycles. The van der Waals surface area contributed by atoms with Crippen LogP contribution >= 0.6 is 31.9 Å². The Morgan fingerprint density at radius 2 is 1.32 bits per heavy atom. The molecule has 0 spiro atoms. The van der Waals surface area contributed by atoms with Gasteiger partial charge in [0, 0.05) is 11.1 Å². The molecule has 172 valence electrons. The van der Waals surface area contributed by atoms with Crippen molar-refractivity contribution < 1.29 is 20.1 Å². The fourth-order valence-corrected chi connectivity index (χ4v) is 5.15. The zero-order valence-electron chi connectivity index (χ0n) is 18.2. The van der Waals surface area contributed by atoms with Crippen LogP contribution in [0.4, 0.5) is 0 Å². The van der Waals surface area contributed by atoms with E-state index in [1.807, 2.05) is 60.7 Å². The van der Waals surface area contributed by atoms with E-state index >= 15 is 0 Å². The average molecular weight is 582 g/mol. The monoisotopic (exact) mass is 580 g/mol. The largest absolute Gasteiger partial charge is 0.507 e. The summed E-state index contributed by atoms with van der Waals surface area (Å²) in [6, 6.07) is 20.9. The van der Waals surface area contributed by atoms with Gasteiger partial charge in [0.25, 0.3) is 0 Å². The van der Waals surface area contributed by atoms with E-state index in [2.05, 4.69) is 31.9 Å². The summed E-state index contributed by atoms with van der Waals surface area (Å²) in [5.74, 6) is 1.36. The highest BCUT2D eigenvalue weighted by Gasteiger charge is 2.18. The van der Waals surface area contributed by atoms with Gasteiger partial charge < -0.3 is 20.1 Å². The van der Waals surface area contributed by atoms with Gasteiger partial charge in [-0.2, -0.15) is 0 Å². The van der Waals surface area contributed by atoms with Crippen molar-refractivity contribution >= 4 is 31.9 Å². The van der Waals surface area contributed by atoms with Crippen molar-refractivity contribution in [3.05, 3.63) is 97.9 Å². The Morgan fingerprint density at radius 1 is 0.618 bits per heavy atom. The van der Waals surface area contributed by atoms with Gasteiger partial charge in [-0.05, 0) is 116 Å². The van der Waals surface area contributed by atoms with E-state index in [0.717, 1.165) is 28.7 Å². The standard InChI is InChI=1S/C28H22Br2O4/c29-22-12-8-19-7-3-16-4-9-20(10-5-16)34-25-15-18(13-23(30)27(25)32)2-1-17-6-11-21(24(31)14-17)26(19)28(22)33/h4-6,8-15,31-33H,1-3,7H2. The van der Waals surface area contributed by atoms with Crippen LogP contribution in [0.5, 0.6) is 28.7 Å². The number of ether oxygens (including phenoxy) is 1. The first-order chi connectivity index (χ1) is 16.4. The topological polar surface area (TPSA) is 69.9 Å². The van der Waals surface area contributed by atoms with E-state index in [1.165, 1.54) is 0 Å². The molecule has 0 atom stereocenters. The number of aryl methyl sites for hydroxylation is 4. The lowest BCUT2D eigenvalue weighted by molar-refractivity contribution is 0.408. The maximum Gasteiger partial charge on any atom is 0.172 e. The molecule has 6 heteroatoms. The average Bonchev–Trinajstić information content (AvgIpc) is 2.82. The summed E-state index contributed by atoms with van der Waals surface area (Å²) in [7, 11) is 0. The van der Waals surface area contributed by atoms with Gasteiger partial charge in [0.15, 0.2) is 11.5 Å². The fourth-order valence-electron chi connectivity index (χ4n) is 4.33. The van der Waals surface area contributed by atoms with Gasteiger partial charge in [-0.15, -0.1) is 0 Å². The van der Waals surface area contributed by atoms with Gasteiger partial charge in [-0.25, -0.2) is 0 Å². The van der Waals surface area contributed by atoms with Gasteiger partial charge in [0.05, 0.1) is 8.95 Å². The van der Waals surface area contributed by atoms with Crippen molar-refractivity contribution in [2.75, 3.05) is 0 Å². The molecular weight excluding hydrogens is 560 g/mol. The predicted molar refractivity (Wildman–Crippen MR) is 140 cm³/mol. The molecule has 3 N–H and O–H groups in total. The third-order valence-electron chi connectivity index (χ3n) is 6.17. The molecule has 8 rings (SSSR count). The minimum absolute atomic E-state index is 0.0619. The third kappa shape index (κ3) is 4.52. The lowest BCUT2D eigenvalue weighted by Gasteiger charge is -2.16. The second-order valence-electron chi connectivity index (χ2n) is 8.45. The summed E-state index contributed by atoms with van der Waals surface area (Å²) in [6.45, 7) is 0. The summed E-state index contributed by atoms with van der Waals surface area (Å²) in [5.41, 5.74) is 5.28. The van der Waals surface area contributed by atoms with Crippen LogP contribution in [0.3, 0.4) is 0 Å². The van der Waals surface area contributed by atoms with Gasteiger partial charge in [0.1, 0.15) is 17.2 Å². The quantitative estimate of drug-likeness (QED) is 0.199. The highest BCUT2D eigenvalue weighted by atomic mass is 79.9. The van der Waals surface area contributed by atoms with Crippen LogP contribution in [0.25, 0.3) is 11.1 Å². The van der Waals surface area contributed by atoms with E-state index < -0.39 is 0 Å². The Morgan fingerprint density at radius 3 is 2.09 bits per heavy atom. The number of aromatic hydroxyl groups is 3. The van der Waals surface area contributed by atoms with E-state index in [4.69, 9.17) is 4.74 Å². The summed E-state index contributed by atoms with van der Waals surface area (Å²) in [5, 5.41) is 32.3. The van der Waals surface area contributed by atoms with Crippen LogP contribution in [0, 0.1) is 0 Å². The summed E-state index contributed by atoms with van der Waals surface area (Å²) >= 11 is 6.85. The number of rotatable bonds is 0. The minimum Gasteiger partial charge on any atom is -0.507 e. The van der Waals surface area contributed by atoms with Crippen LogP contribution < -0.4 is 4.74 Å². The maximum absolute atomic E-state index is 10.9. The Hall–Kier alpha value is -2.96. The Labute approximate surface area is 214 Å². The molecule has 4 aromatic carbocycles. The summed E-state index contributed by atoms with van der Waals surface area (Å²) in [4.78, 5) is 0. The minimum atomic E-state index is 0.0619. The number of hydrogen-bond acceptors (Lipinski definition) is 4. The maximum atomic E-state index is 10.9. The van der Waals surface area contributed by atoms with Crippen molar-refractivity contribution in [3.63, 3.8) is 0 Å². The molecule has 4 nitrogen and oxygen atoms in total. The molecule has 4 aromatic rings. The van der Waals surface area contributed by atoms with E-state index in [-0.39, 0.29) is 17.2 Å². The van der Waals surface area contributed by atoms with Crippen LogP contribution in [0.1, 0.15) is 22.3 Å². The normalized spacial score (nSPS) is 13.1. The molecule has 34 heavy (non-hydrogen) atoms. The molecule has 4 aliphatic rings. The smallest absolute Gasteiger partial charge is 0.172 e. The molecule has 0 saturated carbocycles. The molecule has 4 heterocycles. The van der Waals surface area contributed by atoms with Crippen molar-refractivity contribution in [2.24, 2.45) is 0 Å². The van der Waals surface area contributed by atoms with Gasteiger partial charge in [0.2, 0.25) is 0 Å². The van der Waals surface area contributed by atoms with Gasteiger partial charge in [-0.1, -0.05) is 30.3 Å². The predicted octanol–water partition coefficient (Wildman–Crippen LogP) is 7.67. The van der Waals surface area contributed by atoms with Crippen molar-refractivity contribution in [2.45, 2.75) is 25.7 Å². The zero-order chi connectivity index (χ0) is 23.8. The molecule has 0 aliphatic carbocycles. The second kappa shape index (κ2) is 9.35. The van der Waals surface area contributed by atoms with Gasteiger partial charge >= 0.3 is 0 Å². The zero-order valence-corrected chi connectivity index (χ0v) is 21.4. The van der Waals surface area contributed by atoms with Crippen LogP contribution in [-0.2, 0) is 25.7 Å². The third-order valence-corrected chi connectivity index (χ3v) is 7.42. The molecule has 0 unspecified atom stereocenters. The molecule has 0 amide bonds. The van der Waals surface area contributed by atoms with Crippen molar-refractivity contribution in [3.8, 4) is 39.9 Å². The molecule has 0 radical (unpaired) electrons. The van der Waals surface area contributed by atoms with E-state index in [9.17, 15) is 15.3 Å². The first-order valence-electron chi connectivity index (χ1n) is 11.0. The first kappa shape index (κ1) is 22.8. The van der Waals surface area contributed by atoms with E-state index in [0.29, 0.717) is 50.8 Å². The Bertz CT molecular complexity index is 1380. The van der Waals surface area contributed by atoms with Crippen LogP contribution in [0.15, 0.2) is 75.7 Å². The first-order valence-corrected chi connectivity index (χ1v) is 12.6. The molecule has 0 fully saturated rings. The molecule has 0 saturated heterocycles. The van der Waals surface area contributed by atoms with Crippen molar-refractivity contribution in [1.82, 2.24) is 0 Å². The number of halogens is 2. The Kier molecular flexibility index (Phi) is 6.28. The highest BCUT2D eigenvalue weighted by molar-refractivity contribution is 9.10. The van der Waals surface area contributed by atoms with E-state index in [1.54, 1.807) is 6.07 Å². The number of phenols is 3. The second-order valence-corrected chi connectivity index (χ2v) is 10.2. The number of hydrogen-bond donors (Lipinski definition) is 3. The van der Waals surface area contributed by atoms with Crippen molar-refractivity contribution in [1.29, 1.82) is 0 Å². The molecule has 6 bridgehead atoms.